The second-order valence-electron chi connectivity index (χ2n) is 5.46. The van der Waals surface area contributed by atoms with Gasteiger partial charge in [-0.2, -0.15) is 0 Å². The van der Waals surface area contributed by atoms with Gasteiger partial charge in [-0.15, -0.1) is 0 Å². The third kappa shape index (κ3) is 12.1. The number of rotatable bonds is 7. The Labute approximate surface area is 197 Å². The van der Waals surface area contributed by atoms with E-state index in [-0.39, 0.29) is 45.5 Å². The van der Waals surface area contributed by atoms with Gasteiger partial charge in [0.2, 0.25) is 0 Å². The number of nitrogen functional groups attached to an aromatic ring is 1. The summed E-state index contributed by atoms with van der Waals surface area (Å²) in [5, 5.41) is 21.2. The molecule has 0 spiro atoms. The molecule has 0 atom stereocenters. The first-order valence-corrected chi connectivity index (χ1v) is 8.53. The summed E-state index contributed by atoms with van der Waals surface area (Å²) in [6, 6.07) is 9.47. The van der Waals surface area contributed by atoms with Gasteiger partial charge in [0.15, 0.2) is 0 Å². The molecule has 4 radical (unpaired) electrons. The Balaban J connectivity index is 0.000000858. The summed E-state index contributed by atoms with van der Waals surface area (Å²) in [7, 11) is 0. The van der Waals surface area contributed by atoms with Crippen molar-refractivity contribution in [3.63, 3.8) is 0 Å². The van der Waals surface area contributed by atoms with Gasteiger partial charge in [-0.1, -0.05) is 12.1 Å². The van der Waals surface area contributed by atoms with Crippen LogP contribution in [-0.4, -0.2) is 67.1 Å². The predicted molar refractivity (Wildman–Crippen MR) is 113 cm³/mol. The summed E-state index contributed by atoms with van der Waals surface area (Å²) in [4.78, 5) is 34.6. The summed E-state index contributed by atoms with van der Waals surface area (Å²) in [5.74, 6) is -2.06. The zero-order valence-electron chi connectivity index (χ0n) is 16.5. The number of carbonyl (C=O) groups excluding carboxylic acids is 1. The van der Waals surface area contributed by atoms with Gasteiger partial charge in [0.25, 0.3) is 0 Å². The number of anilines is 3. The van der Waals surface area contributed by atoms with Crippen LogP contribution in [0.25, 0.3) is 0 Å². The molecule has 1 aromatic heterocycles. The molecule has 10 nitrogen and oxygen atoms in total. The Kier molecular flexibility index (Phi) is 13.2. The third-order valence-electron chi connectivity index (χ3n) is 3.19. The van der Waals surface area contributed by atoms with Crippen molar-refractivity contribution in [1.29, 1.82) is 0 Å². The van der Waals surface area contributed by atoms with E-state index in [0.717, 1.165) is 5.56 Å². The second kappa shape index (κ2) is 14.7. The van der Waals surface area contributed by atoms with Crippen molar-refractivity contribution in [3.05, 3.63) is 59.9 Å². The average molecular weight is 628 g/mol. The molecule has 0 aliphatic rings. The number of hydrogen-bond donors (Lipinski definition) is 5. The van der Waals surface area contributed by atoms with Crippen molar-refractivity contribution in [2.45, 2.75) is 13.5 Å². The van der Waals surface area contributed by atoms with Crippen LogP contribution in [0.4, 0.5) is 26.5 Å². The monoisotopic (exact) mass is 628 g/mol. The van der Waals surface area contributed by atoms with Gasteiger partial charge in [0.1, 0.15) is 17.5 Å². The topological polar surface area (TPSA) is 164 Å². The standard InChI is InChI=1S/C15H17FN4O2.C4H4O4.Pb/c1-2-22-15(21)19-12-7-8-13(20-14(12)17)18-9-10-3-5-11(16)6-4-10;5-3(6)1-2-4(7)8;/h3-8H,2,9H2,1H3,(H,19,21)(H3,17,18,20);1-2H,(H,5,6)(H,7,8);/b;2-1-;. The van der Waals surface area contributed by atoms with Gasteiger partial charge in [0, 0.05) is 46.0 Å². The van der Waals surface area contributed by atoms with Crippen LogP contribution in [0.15, 0.2) is 48.6 Å². The number of ether oxygens (including phenoxy) is 1. The van der Waals surface area contributed by atoms with E-state index in [1.807, 2.05) is 0 Å². The number of carbonyl (C=O) groups is 3. The Morgan fingerprint density at radius 1 is 1.10 bits per heavy atom. The number of nitrogens with one attached hydrogen (secondary N) is 2. The number of carboxylic acids is 2. The molecule has 1 amide bonds. The number of benzene rings is 1. The Morgan fingerprint density at radius 2 is 1.68 bits per heavy atom. The molecule has 0 aliphatic heterocycles. The first-order valence-electron chi connectivity index (χ1n) is 8.53. The molecule has 0 unspecified atom stereocenters. The van der Waals surface area contributed by atoms with Crippen LogP contribution < -0.4 is 16.4 Å². The molecule has 0 bridgehead atoms. The van der Waals surface area contributed by atoms with Crippen LogP contribution in [0.1, 0.15) is 12.5 Å². The van der Waals surface area contributed by atoms with Crippen LogP contribution in [-0.2, 0) is 20.9 Å². The van der Waals surface area contributed by atoms with Crippen molar-refractivity contribution in [2.24, 2.45) is 0 Å². The van der Waals surface area contributed by atoms with Crippen LogP contribution in [0.5, 0.6) is 0 Å². The molecular weight excluding hydrogens is 606 g/mol. The maximum Gasteiger partial charge on any atom is 0.411 e. The summed E-state index contributed by atoms with van der Waals surface area (Å²) in [6.45, 7) is 2.47. The van der Waals surface area contributed by atoms with E-state index < -0.39 is 18.0 Å². The van der Waals surface area contributed by atoms with E-state index in [0.29, 0.717) is 30.2 Å². The molecule has 6 N–H and O–H groups in total. The second-order valence-corrected chi connectivity index (χ2v) is 5.46. The SMILES string of the molecule is CCOC(=O)Nc1ccc(NCc2ccc(F)cc2)nc1N.O=C(O)/C=C\C(=O)O.[Pb]. The molecule has 0 aliphatic carbocycles. The summed E-state index contributed by atoms with van der Waals surface area (Å²) < 4.78 is 17.6. The minimum atomic E-state index is -1.26. The number of aliphatic carboxylic acids is 2. The van der Waals surface area contributed by atoms with E-state index in [1.165, 1.54) is 12.1 Å². The van der Waals surface area contributed by atoms with Gasteiger partial charge < -0.3 is 26.0 Å². The van der Waals surface area contributed by atoms with Gasteiger partial charge in [-0.05, 0) is 36.8 Å². The van der Waals surface area contributed by atoms with E-state index in [1.54, 1.807) is 31.2 Å². The van der Waals surface area contributed by atoms with Crippen molar-refractivity contribution >= 4 is 62.7 Å². The minimum absolute atomic E-state index is 0. The number of hydrogen-bond acceptors (Lipinski definition) is 7. The van der Waals surface area contributed by atoms with E-state index >= 15 is 0 Å². The van der Waals surface area contributed by atoms with Gasteiger partial charge in [-0.25, -0.2) is 23.8 Å². The smallest absolute Gasteiger partial charge is 0.411 e. The van der Waals surface area contributed by atoms with Crippen molar-refractivity contribution in [1.82, 2.24) is 4.98 Å². The third-order valence-corrected chi connectivity index (χ3v) is 3.19. The fraction of sp³-hybridized carbons (Fsp3) is 0.158. The quantitative estimate of drug-likeness (QED) is 0.229. The number of halogens is 1. The Bertz CT molecular complexity index is 893. The first kappa shape index (κ1) is 27.8. The maximum atomic E-state index is 12.8. The van der Waals surface area contributed by atoms with Crippen molar-refractivity contribution < 1.29 is 33.7 Å². The molecule has 31 heavy (non-hydrogen) atoms. The van der Waals surface area contributed by atoms with Crippen molar-refractivity contribution in [2.75, 3.05) is 23.0 Å². The van der Waals surface area contributed by atoms with E-state index in [4.69, 9.17) is 20.7 Å². The molecule has 0 saturated heterocycles. The number of aromatic nitrogens is 1. The molecular formula is C19H21FN4O6Pb. The molecule has 0 fully saturated rings. The number of pyridine rings is 1. The summed E-state index contributed by atoms with van der Waals surface area (Å²) >= 11 is 0. The number of nitrogens with two attached hydrogens (primary N) is 1. The fourth-order valence-electron chi connectivity index (χ4n) is 1.89. The molecule has 2 rings (SSSR count). The fourth-order valence-corrected chi connectivity index (χ4v) is 1.89. The average Bonchev–Trinajstić information content (AvgIpc) is 2.68. The van der Waals surface area contributed by atoms with Crippen LogP contribution in [0, 0.1) is 5.82 Å². The Hall–Kier alpha value is -3.23. The zero-order chi connectivity index (χ0) is 22.5. The molecule has 0 saturated carbocycles. The molecule has 1 aromatic carbocycles. The summed E-state index contributed by atoms with van der Waals surface area (Å²) in [6.07, 6.45) is 0.535. The molecule has 164 valence electrons. The van der Waals surface area contributed by atoms with E-state index in [9.17, 15) is 18.8 Å². The molecule has 2 aromatic rings. The predicted octanol–water partition coefficient (Wildman–Crippen LogP) is 2.31. The van der Waals surface area contributed by atoms with Crippen LogP contribution >= 0.6 is 0 Å². The summed E-state index contributed by atoms with van der Waals surface area (Å²) in [5.41, 5.74) is 7.08. The number of nitrogens with zero attached hydrogens (tertiary/aromatic N) is 1. The van der Waals surface area contributed by atoms with Crippen molar-refractivity contribution in [3.8, 4) is 0 Å². The van der Waals surface area contributed by atoms with E-state index in [2.05, 4.69) is 15.6 Å². The maximum absolute atomic E-state index is 12.8. The first-order chi connectivity index (χ1) is 14.2. The Morgan fingerprint density at radius 3 is 2.16 bits per heavy atom. The van der Waals surface area contributed by atoms with Gasteiger partial charge in [-0.3, -0.25) is 5.32 Å². The number of amides is 1. The molecule has 12 heteroatoms. The largest absolute Gasteiger partial charge is 0.478 e. The van der Waals surface area contributed by atoms with Gasteiger partial charge in [0.05, 0.1) is 12.3 Å². The normalized spacial score (nSPS) is 9.61. The minimum Gasteiger partial charge on any atom is -0.478 e. The zero-order valence-corrected chi connectivity index (χ0v) is 20.4. The van der Waals surface area contributed by atoms with Gasteiger partial charge >= 0.3 is 18.0 Å². The molecule has 1 heterocycles. The van der Waals surface area contributed by atoms with Crippen LogP contribution in [0.2, 0.25) is 0 Å². The van der Waals surface area contributed by atoms with Crippen LogP contribution in [0.3, 0.4) is 0 Å². The number of carboxylic acid groups (broad SMARTS) is 2.